The fourth-order valence-corrected chi connectivity index (χ4v) is 2.84. The Labute approximate surface area is 140 Å². The molecule has 0 unspecified atom stereocenters. The fraction of sp³-hybridized carbons (Fsp3) is 0.444. The summed E-state index contributed by atoms with van der Waals surface area (Å²) in [4.78, 5) is 12.2. The largest absolute Gasteiger partial charge is 0.396 e. The zero-order chi connectivity index (χ0) is 17.3. The fourth-order valence-electron chi connectivity index (χ4n) is 2.84. The number of aryl methyl sites for hydroxylation is 1. The van der Waals surface area contributed by atoms with Crippen LogP contribution in [0, 0.1) is 25.1 Å². The van der Waals surface area contributed by atoms with Crippen molar-refractivity contribution < 1.29 is 14.3 Å². The number of carbonyl (C=O) groups is 1. The van der Waals surface area contributed by atoms with E-state index in [4.69, 9.17) is 0 Å². The van der Waals surface area contributed by atoms with Gasteiger partial charge in [0, 0.05) is 23.2 Å². The van der Waals surface area contributed by atoms with Crippen molar-refractivity contribution in [1.82, 2.24) is 15.1 Å². The zero-order valence-corrected chi connectivity index (χ0v) is 14.0. The minimum absolute atomic E-state index is 0.0698. The molecule has 1 aromatic carbocycles. The first kappa shape index (κ1) is 16.6. The molecular weight excluding hydrogens is 309 g/mol. The molecule has 2 N–H and O–H groups in total. The van der Waals surface area contributed by atoms with E-state index < -0.39 is 0 Å². The van der Waals surface area contributed by atoms with Crippen molar-refractivity contribution in [3.8, 4) is 5.69 Å². The van der Waals surface area contributed by atoms with Gasteiger partial charge >= 0.3 is 0 Å². The Balaban J connectivity index is 1.72. The molecule has 24 heavy (non-hydrogen) atoms. The summed E-state index contributed by atoms with van der Waals surface area (Å²) in [6, 6.07) is 6.11. The van der Waals surface area contributed by atoms with E-state index in [9.17, 15) is 14.3 Å². The Bertz CT molecular complexity index is 748. The molecule has 0 spiro atoms. The molecule has 3 rings (SSSR count). The summed E-state index contributed by atoms with van der Waals surface area (Å²) in [5, 5.41) is 16.7. The predicted molar refractivity (Wildman–Crippen MR) is 88.5 cm³/mol. The Morgan fingerprint density at radius 2 is 2.00 bits per heavy atom. The zero-order valence-electron chi connectivity index (χ0n) is 14.0. The molecule has 5 nitrogen and oxygen atoms in total. The molecule has 0 radical (unpaired) electrons. The Morgan fingerprint density at radius 1 is 1.33 bits per heavy atom. The van der Waals surface area contributed by atoms with Gasteiger partial charge in [0.15, 0.2) is 0 Å². The van der Waals surface area contributed by atoms with Crippen LogP contribution in [0.3, 0.4) is 0 Å². The van der Waals surface area contributed by atoms with Crippen molar-refractivity contribution in [3.63, 3.8) is 0 Å². The number of hydrogen-bond donors (Lipinski definition) is 2. The number of aliphatic hydroxyl groups is 1. The highest BCUT2D eigenvalue weighted by Gasteiger charge is 2.42. The number of benzene rings is 1. The van der Waals surface area contributed by atoms with E-state index in [1.807, 2.05) is 13.8 Å². The number of aliphatic hydroxyl groups excluding tert-OH is 1. The highest BCUT2D eigenvalue weighted by atomic mass is 19.1. The van der Waals surface area contributed by atoms with Crippen molar-refractivity contribution in [2.24, 2.45) is 5.41 Å². The number of nitrogens with zero attached hydrogens (tertiary/aromatic N) is 2. The molecule has 0 bridgehead atoms. The number of aromatic nitrogens is 2. The van der Waals surface area contributed by atoms with E-state index >= 15 is 0 Å². The van der Waals surface area contributed by atoms with Gasteiger partial charge in [-0.15, -0.1) is 0 Å². The third kappa shape index (κ3) is 3.33. The van der Waals surface area contributed by atoms with E-state index in [-0.39, 0.29) is 30.2 Å². The number of carbonyl (C=O) groups excluding carboxylic acids is 1. The standard InChI is InChI=1S/C18H22FN3O2/c1-12-16(9-17(24)20-10-18(11-23)7-8-18)13(2)22(21-12)15-5-3-14(19)4-6-15/h3-6,23H,7-11H2,1-2H3,(H,20,24). The highest BCUT2D eigenvalue weighted by molar-refractivity contribution is 5.79. The smallest absolute Gasteiger partial charge is 0.224 e. The van der Waals surface area contributed by atoms with Gasteiger partial charge in [0.1, 0.15) is 5.82 Å². The molecule has 2 aromatic rings. The third-order valence-corrected chi connectivity index (χ3v) is 4.80. The van der Waals surface area contributed by atoms with E-state index in [0.717, 1.165) is 35.5 Å². The van der Waals surface area contributed by atoms with E-state index in [2.05, 4.69) is 10.4 Å². The molecule has 1 aromatic heterocycles. The Morgan fingerprint density at radius 3 is 2.58 bits per heavy atom. The van der Waals surface area contributed by atoms with E-state index in [1.54, 1.807) is 16.8 Å². The summed E-state index contributed by atoms with van der Waals surface area (Å²) in [5.74, 6) is -0.364. The van der Waals surface area contributed by atoms with Gasteiger partial charge in [0.05, 0.1) is 24.4 Å². The first-order valence-corrected chi connectivity index (χ1v) is 8.13. The number of halogens is 1. The van der Waals surface area contributed by atoms with E-state index in [0.29, 0.717) is 6.54 Å². The molecule has 1 fully saturated rings. The van der Waals surface area contributed by atoms with Crippen LogP contribution < -0.4 is 5.32 Å². The van der Waals surface area contributed by atoms with Gasteiger partial charge in [0.2, 0.25) is 5.91 Å². The van der Waals surface area contributed by atoms with Crippen LogP contribution >= 0.6 is 0 Å². The minimum Gasteiger partial charge on any atom is -0.396 e. The van der Waals surface area contributed by atoms with Crippen molar-refractivity contribution in [1.29, 1.82) is 0 Å². The van der Waals surface area contributed by atoms with Gasteiger partial charge in [-0.05, 0) is 51.0 Å². The summed E-state index contributed by atoms with van der Waals surface area (Å²) < 4.78 is 14.8. The SMILES string of the molecule is Cc1nn(-c2ccc(F)cc2)c(C)c1CC(=O)NCC1(CO)CC1. The Hall–Kier alpha value is -2.21. The lowest BCUT2D eigenvalue weighted by molar-refractivity contribution is -0.120. The van der Waals surface area contributed by atoms with Gasteiger partial charge in [-0.3, -0.25) is 4.79 Å². The van der Waals surface area contributed by atoms with E-state index in [1.165, 1.54) is 12.1 Å². The first-order valence-electron chi connectivity index (χ1n) is 8.13. The molecule has 1 saturated carbocycles. The lowest BCUT2D eigenvalue weighted by Gasteiger charge is -2.12. The van der Waals surface area contributed by atoms with Gasteiger partial charge in [0.25, 0.3) is 0 Å². The molecule has 0 saturated heterocycles. The quantitative estimate of drug-likeness (QED) is 0.851. The van der Waals surface area contributed by atoms with Crippen LogP contribution in [-0.2, 0) is 11.2 Å². The van der Waals surface area contributed by atoms with Crippen LogP contribution in [-0.4, -0.2) is 33.9 Å². The second kappa shape index (κ2) is 6.36. The molecular formula is C18H22FN3O2. The lowest BCUT2D eigenvalue weighted by atomic mass is 10.1. The number of rotatable bonds is 6. The summed E-state index contributed by atoms with van der Waals surface area (Å²) in [5.41, 5.74) is 3.21. The summed E-state index contributed by atoms with van der Waals surface area (Å²) in [7, 11) is 0. The minimum atomic E-state index is -0.294. The molecule has 1 heterocycles. The molecule has 0 aliphatic heterocycles. The second-order valence-electron chi connectivity index (χ2n) is 6.65. The highest BCUT2D eigenvalue weighted by Crippen LogP contribution is 2.44. The maximum atomic E-state index is 13.1. The van der Waals surface area contributed by atoms with Gasteiger partial charge in [-0.2, -0.15) is 5.10 Å². The maximum absolute atomic E-state index is 13.1. The van der Waals surface area contributed by atoms with Crippen LogP contribution in [0.1, 0.15) is 29.8 Å². The van der Waals surface area contributed by atoms with Crippen LogP contribution in [0.5, 0.6) is 0 Å². The van der Waals surface area contributed by atoms with Crippen molar-refractivity contribution in [2.45, 2.75) is 33.1 Å². The average Bonchev–Trinajstić information content (AvgIpc) is 3.31. The molecule has 0 atom stereocenters. The van der Waals surface area contributed by atoms with Crippen LogP contribution in [0.15, 0.2) is 24.3 Å². The van der Waals surface area contributed by atoms with Crippen LogP contribution in [0.2, 0.25) is 0 Å². The van der Waals surface area contributed by atoms with Crippen molar-refractivity contribution in [3.05, 3.63) is 47.0 Å². The molecule has 1 amide bonds. The average molecular weight is 331 g/mol. The molecule has 1 aliphatic carbocycles. The van der Waals surface area contributed by atoms with Crippen LogP contribution in [0.4, 0.5) is 4.39 Å². The molecule has 1 aliphatic rings. The number of amides is 1. The Kier molecular flexibility index (Phi) is 4.41. The summed E-state index contributed by atoms with van der Waals surface area (Å²) >= 11 is 0. The molecule has 128 valence electrons. The molecule has 6 heteroatoms. The predicted octanol–water partition coefficient (Wildman–Crippen LogP) is 2.06. The van der Waals surface area contributed by atoms with Crippen molar-refractivity contribution in [2.75, 3.05) is 13.2 Å². The first-order chi connectivity index (χ1) is 11.4. The summed E-state index contributed by atoms with van der Waals surface area (Å²) in [6.45, 7) is 4.41. The van der Waals surface area contributed by atoms with Gasteiger partial charge < -0.3 is 10.4 Å². The van der Waals surface area contributed by atoms with Crippen molar-refractivity contribution >= 4 is 5.91 Å². The summed E-state index contributed by atoms with van der Waals surface area (Å²) in [6.07, 6.45) is 2.18. The normalized spacial score (nSPS) is 15.3. The lowest BCUT2D eigenvalue weighted by Crippen LogP contribution is -2.33. The van der Waals surface area contributed by atoms with Gasteiger partial charge in [-0.1, -0.05) is 0 Å². The number of nitrogens with one attached hydrogen (secondary N) is 1. The van der Waals surface area contributed by atoms with Crippen LogP contribution in [0.25, 0.3) is 5.69 Å². The van der Waals surface area contributed by atoms with Gasteiger partial charge in [-0.25, -0.2) is 9.07 Å². The second-order valence-corrected chi connectivity index (χ2v) is 6.65. The number of hydrogen-bond acceptors (Lipinski definition) is 3. The maximum Gasteiger partial charge on any atom is 0.224 e. The third-order valence-electron chi connectivity index (χ3n) is 4.80. The topological polar surface area (TPSA) is 67.2 Å². The monoisotopic (exact) mass is 331 g/mol.